The molecule has 2 fully saturated rings. The molecular formula is C23H30N2O2. The van der Waals surface area contributed by atoms with Gasteiger partial charge >= 0.3 is 0 Å². The van der Waals surface area contributed by atoms with Gasteiger partial charge in [0.25, 0.3) is 0 Å². The number of ketones is 1. The predicted molar refractivity (Wildman–Crippen MR) is 108 cm³/mol. The Morgan fingerprint density at radius 3 is 2.67 bits per heavy atom. The molecule has 1 aliphatic carbocycles. The Balaban J connectivity index is 1.34. The first kappa shape index (κ1) is 18.3. The van der Waals surface area contributed by atoms with Crippen molar-refractivity contribution in [2.24, 2.45) is 13.0 Å². The van der Waals surface area contributed by atoms with Gasteiger partial charge in [0.15, 0.2) is 5.78 Å². The average Bonchev–Trinajstić information content (AvgIpc) is 3.04. The lowest BCUT2D eigenvalue weighted by Crippen LogP contribution is -2.49. The molecule has 1 saturated carbocycles. The summed E-state index contributed by atoms with van der Waals surface area (Å²) >= 11 is 0. The molecule has 1 aliphatic heterocycles. The number of amides is 1. The van der Waals surface area contributed by atoms with E-state index in [1.807, 2.05) is 41.9 Å². The van der Waals surface area contributed by atoms with Gasteiger partial charge in [0.1, 0.15) is 0 Å². The molecule has 144 valence electrons. The maximum Gasteiger partial charge on any atom is 0.222 e. The first-order valence-corrected chi connectivity index (χ1v) is 10.5. The second-order valence-electron chi connectivity index (χ2n) is 8.27. The molecule has 4 heteroatoms. The van der Waals surface area contributed by atoms with Crippen molar-refractivity contribution >= 4 is 22.6 Å². The predicted octanol–water partition coefficient (Wildman–Crippen LogP) is 4.71. The number of carbonyl (C=O) groups is 2. The number of likely N-dealkylation sites (tertiary alicyclic amines) is 1. The lowest BCUT2D eigenvalue weighted by atomic mass is 9.78. The largest absolute Gasteiger partial charge is 0.341 e. The Labute approximate surface area is 161 Å². The number of hydrogen-bond donors (Lipinski definition) is 0. The number of fused-ring (bicyclic) bond motifs is 2. The molecule has 1 aromatic heterocycles. The van der Waals surface area contributed by atoms with Gasteiger partial charge in [-0.2, -0.15) is 0 Å². The van der Waals surface area contributed by atoms with E-state index in [4.69, 9.17) is 0 Å². The van der Waals surface area contributed by atoms with Crippen LogP contribution in [0.5, 0.6) is 0 Å². The molecule has 1 aromatic carbocycles. The number of carbonyl (C=O) groups excluding carboxylic acids is 2. The number of para-hydroxylation sites is 1. The zero-order valence-electron chi connectivity index (χ0n) is 16.3. The van der Waals surface area contributed by atoms with Crippen LogP contribution in [0.15, 0.2) is 30.3 Å². The summed E-state index contributed by atoms with van der Waals surface area (Å²) in [6.45, 7) is 0.914. The van der Waals surface area contributed by atoms with Crippen molar-refractivity contribution in [2.45, 2.75) is 63.8 Å². The molecule has 0 radical (unpaired) electrons. The molecular weight excluding hydrogens is 336 g/mol. The first-order chi connectivity index (χ1) is 13.1. The van der Waals surface area contributed by atoms with Gasteiger partial charge in [-0.25, -0.2) is 0 Å². The molecule has 4 nitrogen and oxygen atoms in total. The molecule has 0 N–H and O–H groups in total. The number of benzene rings is 1. The van der Waals surface area contributed by atoms with E-state index in [0.717, 1.165) is 29.6 Å². The van der Waals surface area contributed by atoms with Crippen LogP contribution in [-0.2, 0) is 11.8 Å². The van der Waals surface area contributed by atoms with Gasteiger partial charge < -0.3 is 9.47 Å². The monoisotopic (exact) mass is 366 g/mol. The van der Waals surface area contributed by atoms with E-state index in [9.17, 15) is 9.59 Å². The minimum Gasteiger partial charge on any atom is -0.341 e. The third-order valence-corrected chi connectivity index (χ3v) is 6.60. The van der Waals surface area contributed by atoms with E-state index in [2.05, 4.69) is 4.90 Å². The highest BCUT2D eigenvalue weighted by molar-refractivity contribution is 6.00. The minimum absolute atomic E-state index is 0.135. The van der Waals surface area contributed by atoms with E-state index < -0.39 is 0 Å². The number of aromatic nitrogens is 1. The van der Waals surface area contributed by atoms with E-state index in [1.165, 1.54) is 32.1 Å². The fourth-order valence-corrected chi connectivity index (χ4v) is 5.16. The van der Waals surface area contributed by atoms with Gasteiger partial charge in [-0.3, -0.25) is 9.59 Å². The summed E-state index contributed by atoms with van der Waals surface area (Å²) in [5.41, 5.74) is 1.82. The van der Waals surface area contributed by atoms with Gasteiger partial charge in [0.2, 0.25) is 5.91 Å². The summed E-state index contributed by atoms with van der Waals surface area (Å²) < 4.78 is 1.97. The Morgan fingerprint density at radius 1 is 1.04 bits per heavy atom. The average molecular weight is 367 g/mol. The van der Waals surface area contributed by atoms with Gasteiger partial charge in [-0.15, -0.1) is 0 Å². The van der Waals surface area contributed by atoms with Crippen LogP contribution in [0.3, 0.4) is 0 Å². The zero-order chi connectivity index (χ0) is 18.8. The normalized spacial score (nSPS) is 22.6. The molecule has 2 heterocycles. The van der Waals surface area contributed by atoms with Gasteiger partial charge in [-0.1, -0.05) is 31.0 Å². The lowest BCUT2D eigenvalue weighted by Gasteiger charge is -2.44. The van der Waals surface area contributed by atoms with Gasteiger partial charge in [-0.05, 0) is 50.2 Å². The molecule has 2 unspecified atom stereocenters. The molecule has 1 amide bonds. The van der Waals surface area contributed by atoms with Crippen molar-refractivity contribution < 1.29 is 9.59 Å². The quantitative estimate of drug-likeness (QED) is 0.719. The van der Waals surface area contributed by atoms with Crippen LogP contribution in [0.1, 0.15) is 68.3 Å². The lowest BCUT2D eigenvalue weighted by molar-refractivity contribution is -0.137. The highest BCUT2D eigenvalue weighted by Crippen LogP contribution is 2.35. The highest BCUT2D eigenvalue weighted by Gasteiger charge is 2.35. The van der Waals surface area contributed by atoms with Crippen LogP contribution in [0, 0.1) is 5.92 Å². The minimum atomic E-state index is 0.135. The summed E-state index contributed by atoms with van der Waals surface area (Å²) in [5, 5.41) is 1.09. The Hall–Kier alpha value is -2.10. The maximum atomic E-state index is 12.8. The molecule has 0 spiro atoms. The molecule has 2 aromatic rings. The number of nitrogens with zero attached hydrogens (tertiary/aromatic N) is 2. The summed E-state index contributed by atoms with van der Waals surface area (Å²) in [5.74, 6) is 1.11. The van der Waals surface area contributed by atoms with E-state index >= 15 is 0 Å². The van der Waals surface area contributed by atoms with Crippen LogP contribution in [-0.4, -0.2) is 33.7 Å². The Bertz CT molecular complexity index is 836. The topological polar surface area (TPSA) is 42.3 Å². The standard InChI is InChI=1S/C23H30N2O2/c1-24-19-11-4-3-9-18(19)16-21(24)22(26)13-6-14-23(27)25-15-7-10-17-8-2-5-12-20(17)25/h3-4,9,11,16-17,20H,2,5-8,10,12-15H2,1H3. The second kappa shape index (κ2) is 7.87. The van der Waals surface area contributed by atoms with Gasteiger partial charge in [0.05, 0.1) is 5.69 Å². The van der Waals surface area contributed by atoms with Crippen molar-refractivity contribution in [2.75, 3.05) is 6.54 Å². The number of Topliss-reactive ketones (excluding diaryl/α,β-unsaturated/α-hetero) is 1. The van der Waals surface area contributed by atoms with Gasteiger partial charge in [0, 0.05) is 43.4 Å². The molecule has 27 heavy (non-hydrogen) atoms. The molecule has 0 bridgehead atoms. The number of hydrogen-bond acceptors (Lipinski definition) is 2. The summed E-state index contributed by atoms with van der Waals surface area (Å²) in [7, 11) is 1.94. The summed E-state index contributed by atoms with van der Waals surface area (Å²) in [6, 6.07) is 10.5. The van der Waals surface area contributed by atoms with Crippen molar-refractivity contribution in [1.82, 2.24) is 9.47 Å². The van der Waals surface area contributed by atoms with E-state index in [-0.39, 0.29) is 11.7 Å². The number of piperidine rings is 1. The fourth-order valence-electron chi connectivity index (χ4n) is 5.16. The number of aryl methyl sites for hydroxylation is 1. The van der Waals surface area contributed by atoms with Crippen molar-refractivity contribution in [3.05, 3.63) is 36.0 Å². The summed E-state index contributed by atoms with van der Waals surface area (Å²) in [6.07, 6.45) is 9.05. The zero-order valence-corrected chi connectivity index (χ0v) is 16.3. The molecule has 2 atom stereocenters. The SMILES string of the molecule is Cn1c(C(=O)CCCC(=O)N2CCCC3CCCCC32)cc2ccccc21. The Kier molecular flexibility index (Phi) is 5.33. The van der Waals surface area contributed by atoms with Crippen LogP contribution >= 0.6 is 0 Å². The van der Waals surface area contributed by atoms with E-state index in [1.54, 1.807) is 0 Å². The van der Waals surface area contributed by atoms with Crippen LogP contribution in [0.25, 0.3) is 10.9 Å². The van der Waals surface area contributed by atoms with Crippen molar-refractivity contribution in [1.29, 1.82) is 0 Å². The smallest absolute Gasteiger partial charge is 0.222 e. The third-order valence-electron chi connectivity index (χ3n) is 6.60. The molecule has 4 rings (SSSR count). The van der Waals surface area contributed by atoms with Crippen molar-refractivity contribution in [3.8, 4) is 0 Å². The fraction of sp³-hybridized carbons (Fsp3) is 0.565. The van der Waals surface area contributed by atoms with E-state index in [0.29, 0.717) is 31.2 Å². The highest BCUT2D eigenvalue weighted by atomic mass is 16.2. The maximum absolute atomic E-state index is 12.8. The number of rotatable bonds is 5. The van der Waals surface area contributed by atoms with Crippen LogP contribution < -0.4 is 0 Å². The van der Waals surface area contributed by atoms with Crippen LogP contribution in [0.2, 0.25) is 0 Å². The first-order valence-electron chi connectivity index (χ1n) is 10.5. The van der Waals surface area contributed by atoms with Crippen molar-refractivity contribution in [3.63, 3.8) is 0 Å². The second-order valence-corrected chi connectivity index (χ2v) is 8.27. The summed E-state index contributed by atoms with van der Waals surface area (Å²) in [4.78, 5) is 27.6. The third kappa shape index (κ3) is 3.67. The Morgan fingerprint density at radius 2 is 1.81 bits per heavy atom. The van der Waals surface area contributed by atoms with Crippen LogP contribution in [0.4, 0.5) is 0 Å². The molecule has 2 aliphatic rings. The molecule has 1 saturated heterocycles.